The van der Waals surface area contributed by atoms with Gasteiger partial charge in [0.25, 0.3) is 0 Å². The number of aryl methyl sites for hydroxylation is 1. The van der Waals surface area contributed by atoms with E-state index in [1.165, 1.54) is 49.7 Å². The first-order valence-electron chi connectivity index (χ1n) is 15.2. The van der Waals surface area contributed by atoms with Crippen molar-refractivity contribution in [3.63, 3.8) is 0 Å². The summed E-state index contributed by atoms with van der Waals surface area (Å²) in [6.45, 7) is 10.6. The van der Waals surface area contributed by atoms with Gasteiger partial charge in [0.1, 0.15) is 37.9 Å². The van der Waals surface area contributed by atoms with Crippen LogP contribution in [0.2, 0.25) is 0 Å². The number of hydrogen-bond acceptors (Lipinski definition) is 8. The van der Waals surface area contributed by atoms with E-state index in [0.717, 1.165) is 23.5 Å². The minimum atomic E-state index is -0.672. The number of carbonyl (C=O) groups is 2. The molecule has 0 aromatic heterocycles. The van der Waals surface area contributed by atoms with E-state index in [1.54, 1.807) is 6.07 Å². The molecule has 0 amide bonds. The summed E-state index contributed by atoms with van der Waals surface area (Å²) in [5.41, 5.74) is 4.59. The summed E-state index contributed by atoms with van der Waals surface area (Å²) in [6.07, 6.45) is 8.53. The van der Waals surface area contributed by atoms with Gasteiger partial charge >= 0.3 is 11.9 Å². The van der Waals surface area contributed by atoms with E-state index in [9.17, 15) is 9.59 Å². The molecular formula is C35H46O8. The minimum Gasteiger partial charge on any atom is -0.490 e. The zero-order valence-electron chi connectivity index (χ0n) is 25.6. The highest BCUT2D eigenvalue weighted by atomic mass is 16.6. The Morgan fingerprint density at radius 2 is 1.35 bits per heavy atom. The van der Waals surface area contributed by atoms with Gasteiger partial charge in [0, 0.05) is 6.07 Å². The summed E-state index contributed by atoms with van der Waals surface area (Å²) in [5, 5.41) is 18.1. The van der Waals surface area contributed by atoms with E-state index in [4.69, 9.17) is 29.2 Å². The summed E-state index contributed by atoms with van der Waals surface area (Å²) < 4.78 is 22.0. The van der Waals surface area contributed by atoms with Crippen LogP contribution in [0.1, 0.15) is 69.4 Å². The first-order valence-corrected chi connectivity index (χ1v) is 15.2. The maximum Gasteiger partial charge on any atom is 0.335 e. The predicted molar refractivity (Wildman–Crippen MR) is 166 cm³/mol. The summed E-state index contributed by atoms with van der Waals surface area (Å²) >= 11 is 0. The molecule has 3 rings (SSSR count). The van der Waals surface area contributed by atoms with Gasteiger partial charge in [-0.25, -0.2) is 9.59 Å². The number of esters is 2. The van der Waals surface area contributed by atoms with E-state index < -0.39 is 25.2 Å². The van der Waals surface area contributed by atoms with Crippen LogP contribution in [0.5, 0.6) is 11.5 Å². The average molecular weight is 595 g/mol. The summed E-state index contributed by atoms with van der Waals surface area (Å²) in [6, 6.07) is 12.3. The topological polar surface area (TPSA) is 112 Å². The fourth-order valence-corrected chi connectivity index (χ4v) is 5.45. The fraction of sp³-hybridized carbons (Fsp3) is 0.486. The molecule has 1 saturated carbocycles. The quantitative estimate of drug-likeness (QED) is 0.132. The van der Waals surface area contributed by atoms with Gasteiger partial charge in [-0.05, 0) is 78.3 Å². The van der Waals surface area contributed by atoms with Crippen LogP contribution in [0.4, 0.5) is 0 Å². The molecule has 2 N–H and O–H groups in total. The van der Waals surface area contributed by atoms with Gasteiger partial charge in [0.05, 0.1) is 24.4 Å². The molecule has 0 atom stereocenters. The maximum absolute atomic E-state index is 11.8. The van der Waals surface area contributed by atoms with Gasteiger partial charge in [-0.15, -0.1) is 0 Å². The molecule has 8 heteroatoms. The third kappa shape index (κ3) is 10.3. The van der Waals surface area contributed by atoms with Crippen molar-refractivity contribution in [2.45, 2.75) is 64.7 Å². The van der Waals surface area contributed by atoms with Gasteiger partial charge in [-0.1, -0.05) is 58.0 Å². The molecule has 8 nitrogen and oxygen atoms in total. The molecule has 0 aliphatic heterocycles. The first-order chi connectivity index (χ1) is 20.8. The van der Waals surface area contributed by atoms with E-state index in [2.05, 4.69) is 45.2 Å². The number of rotatable bonds is 17. The van der Waals surface area contributed by atoms with E-state index in [1.807, 2.05) is 12.1 Å². The van der Waals surface area contributed by atoms with Crippen LogP contribution in [0, 0.1) is 5.92 Å². The Bertz CT molecular complexity index is 1190. The van der Waals surface area contributed by atoms with Crippen LogP contribution in [-0.2, 0) is 25.5 Å². The van der Waals surface area contributed by atoms with Crippen molar-refractivity contribution >= 4 is 11.9 Å². The molecule has 0 heterocycles. The smallest absolute Gasteiger partial charge is 0.335 e. The van der Waals surface area contributed by atoms with Crippen molar-refractivity contribution < 1.29 is 38.7 Å². The van der Waals surface area contributed by atoms with Crippen LogP contribution in [0.3, 0.4) is 0 Å². The highest BCUT2D eigenvalue weighted by Crippen LogP contribution is 2.40. The van der Waals surface area contributed by atoms with Crippen LogP contribution in [-0.4, -0.2) is 61.8 Å². The zero-order chi connectivity index (χ0) is 31.2. The van der Waals surface area contributed by atoms with Crippen molar-refractivity contribution in [1.82, 2.24) is 0 Å². The molecule has 2 aromatic rings. The first kappa shape index (κ1) is 33.9. The summed E-state index contributed by atoms with van der Waals surface area (Å²) in [5.74, 6) is 1.16. The zero-order valence-corrected chi connectivity index (χ0v) is 25.6. The third-order valence-corrected chi connectivity index (χ3v) is 7.85. The number of aliphatic hydroxyl groups is 2. The number of ether oxygens (including phenoxy) is 4. The van der Waals surface area contributed by atoms with Crippen molar-refractivity contribution in [2.75, 3.05) is 39.6 Å². The monoisotopic (exact) mass is 594 g/mol. The molecule has 43 heavy (non-hydrogen) atoms. The second-order valence-electron chi connectivity index (χ2n) is 11.0. The Morgan fingerprint density at radius 1 is 0.791 bits per heavy atom. The van der Waals surface area contributed by atoms with Gasteiger partial charge in [-0.2, -0.15) is 0 Å². The van der Waals surface area contributed by atoms with Crippen molar-refractivity contribution in [1.29, 1.82) is 0 Å². The SMILES string of the molecule is C=C(CO)C(=O)OCCOc1cc(OCCOC(=O)C(=C)CO)cc(-c2ccc(C3CCC(CCC)CC3)cc2CC)c1. The Morgan fingerprint density at radius 3 is 1.84 bits per heavy atom. The predicted octanol–water partition coefficient (Wildman–Crippen LogP) is 5.93. The Hall–Kier alpha value is -3.62. The van der Waals surface area contributed by atoms with Gasteiger partial charge in [0.15, 0.2) is 0 Å². The van der Waals surface area contributed by atoms with Crippen molar-refractivity contribution in [2.24, 2.45) is 5.92 Å². The average Bonchev–Trinajstić information content (AvgIpc) is 3.04. The lowest BCUT2D eigenvalue weighted by molar-refractivity contribution is -0.141. The van der Waals surface area contributed by atoms with Crippen LogP contribution < -0.4 is 9.47 Å². The number of aliphatic hydroxyl groups excluding tert-OH is 2. The Balaban J connectivity index is 1.77. The molecule has 0 spiro atoms. The Kier molecular flexibility index (Phi) is 13.8. The number of carbonyl (C=O) groups excluding carboxylic acids is 2. The lowest BCUT2D eigenvalue weighted by Gasteiger charge is -2.29. The largest absolute Gasteiger partial charge is 0.490 e. The summed E-state index contributed by atoms with van der Waals surface area (Å²) in [7, 11) is 0. The van der Waals surface area contributed by atoms with Gasteiger partial charge < -0.3 is 29.2 Å². The van der Waals surface area contributed by atoms with Crippen LogP contribution in [0.25, 0.3) is 11.1 Å². The second-order valence-corrected chi connectivity index (χ2v) is 11.0. The number of benzene rings is 2. The van der Waals surface area contributed by atoms with E-state index in [-0.39, 0.29) is 37.6 Å². The molecule has 0 unspecified atom stereocenters. The normalized spacial score (nSPS) is 16.3. The highest BCUT2D eigenvalue weighted by molar-refractivity contribution is 5.88. The van der Waals surface area contributed by atoms with E-state index >= 15 is 0 Å². The van der Waals surface area contributed by atoms with Crippen LogP contribution >= 0.6 is 0 Å². The third-order valence-electron chi connectivity index (χ3n) is 7.85. The van der Waals surface area contributed by atoms with Crippen LogP contribution in [0.15, 0.2) is 60.7 Å². The Labute approximate surface area is 255 Å². The minimum absolute atomic E-state index is 0.0155. The number of hydrogen-bond donors (Lipinski definition) is 2. The highest BCUT2D eigenvalue weighted by Gasteiger charge is 2.22. The molecule has 1 fully saturated rings. The lowest BCUT2D eigenvalue weighted by Crippen LogP contribution is -2.15. The maximum atomic E-state index is 11.8. The molecule has 1 aliphatic rings. The molecule has 234 valence electrons. The van der Waals surface area contributed by atoms with E-state index in [0.29, 0.717) is 17.4 Å². The van der Waals surface area contributed by atoms with Crippen molar-refractivity contribution in [3.8, 4) is 22.6 Å². The molecule has 0 saturated heterocycles. The lowest BCUT2D eigenvalue weighted by atomic mass is 9.76. The molecular weight excluding hydrogens is 548 g/mol. The summed E-state index contributed by atoms with van der Waals surface area (Å²) in [4.78, 5) is 23.6. The van der Waals surface area contributed by atoms with Crippen molar-refractivity contribution in [3.05, 3.63) is 71.8 Å². The van der Waals surface area contributed by atoms with Gasteiger partial charge in [0.2, 0.25) is 0 Å². The fourth-order valence-electron chi connectivity index (χ4n) is 5.45. The molecule has 2 aromatic carbocycles. The second kappa shape index (κ2) is 17.5. The molecule has 1 aliphatic carbocycles. The standard InChI is InChI=1S/C35H46O8/c1-5-7-26-8-10-28(11-9-26)29-12-13-33(27(6-2)18-29)30-19-31(40-14-16-42-34(38)24(3)22-36)21-32(20-30)41-15-17-43-35(39)25(4)23-37/h12-13,18-21,26,28,36-37H,3-11,14-17,22-23H2,1-2H3. The molecule has 0 bridgehead atoms. The molecule has 0 radical (unpaired) electrons. The van der Waals surface area contributed by atoms with Gasteiger partial charge in [-0.3, -0.25) is 0 Å².